The first-order valence-electron chi connectivity index (χ1n) is 10.6. The first-order valence-corrected chi connectivity index (χ1v) is 12.6. The summed E-state index contributed by atoms with van der Waals surface area (Å²) in [7, 11) is 0. The Kier molecular flexibility index (Phi) is 7.69. The molecule has 2 heterocycles. The average molecular weight is 486 g/mol. The molecule has 33 heavy (non-hydrogen) atoms. The lowest BCUT2D eigenvalue weighted by molar-refractivity contribution is 0.0985. The largest absolute Gasteiger partial charge is 0.417 e. The normalized spacial score (nSPS) is 15.8. The molecule has 1 atom stereocenters. The fraction of sp³-hybridized carbons (Fsp3) is 0.292. The second-order valence-electron chi connectivity index (χ2n) is 7.65. The molecule has 7 nitrogen and oxygen atoms in total. The van der Waals surface area contributed by atoms with E-state index in [-0.39, 0.29) is 6.04 Å². The van der Waals surface area contributed by atoms with Crippen LogP contribution >= 0.6 is 11.6 Å². The minimum Gasteiger partial charge on any atom is -0.410 e. The van der Waals surface area contributed by atoms with E-state index in [1.54, 1.807) is 36.4 Å². The minimum atomic E-state index is -0.611. The molecule has 0 unspecified atom stereocenters. The number of benzene rings is 2. The van der Waals surface area contributed by atoms with Crippen molar-refractivity contribution in [2.45, 2.75) is 18.7 Å². The summed E-state index contributed by atoms with van der Waals surface area (Å²) in [5, 5.41) is 3.06. The molecule has 0 bridgehead atoms. The minimum absolute atomic E-state index is 0.235. The highest BCUT2D eigenvalue weighted by Crippen LogP contribution is 2.29. The van der Waals surface area contributed by atoms with Crippen LogP contribution in [0.1, 0.15) is 12.6 Å². The number of rotatable bonds is 6. The molecule has 0 spiro atoms. The van der Waals surface area contributed by atoms with Crippen LogP contribution < -0.4 is 15.0 Å². The van der Waals surface area contributed by atoms with E-state index >= 15 is 0 Å². The van der Waals surface area contributed by atoms with Crippen molar-refractivity contribution in [1.82, 2.24) is 9.97 Å². The summed E-state index contributed by atoms with van der Waals surface area (Å²) in [6.07, 6.45) is 1.49. The van der Waals surface area contributed by atoms with Crippen molar-refractivity contribution >= 4 is 41.0 Å². The Morgan fingerprint density at radius 3 is 2.79 bits per heavy atom. The number of carbonyl (C=O) groups is 1. The molecule has 9 heteroatoms. The molecule has 4 rings (SSSR count). The third-order valence-corrected chi connectivity index (χ3v) is 6.12. The van der Waals surface area contributed by atoms with Crippen LogP contribution in [0.25, 0.3) is 11.4 Å². The summed E-state index contributed by atoms with van der Waals surface area (Å²) >= 11 is 7.71. The van der Waals surface area contributed by atoms with E-state index in [0.717, 1.165) is 29.4 Å². The van der Waals surface area contributed by atoms with Crippen molar-refractivity contribution in [2.75, 3.05) is 36.2 Å². The predicted octanol–water partition coefficient (Wildman–Crippen LogP) is 4.58. The second kappa shape index (κ2) is 10.9. The van der Waals surface area contributed by atoms with Crippen LogP contribution in [-0.2, 0) is 22.3 Å². The number of nitrogens with zero attached hydrogens (tertiary/aromatic N) is 3. The number of anilines is 2. The molecule has 1 aliphatic rings. The summed E-state index contributed by atoms with van der Waals surface area (Å²) in [5.41, 5.74) is 2.20. The van der Waals surface area contributed by atoms with Gasteiger partial charge in [-0.1, -0.05) is 29.8 Å². The van der Waals surface area contributed by atoms with Gasteiger partial charge in [0.05, 0.1) is 41.9 Å². The maximum atomic E-state index is 12.2. The van der Waals surface area contributed by atoms with Gasteiger partial charge < -0.3 is 14.4 Å². The van der Waals surface area contributed by atoms with E-state index in [9.17, 15) is 4.79 Å². The SMILES string of the molecule is C[SH+]Cc1cc(N2CCOC[C@@H]2C)nc(-c2ccc(NC(=O)Oc3ccccc3)c(Cl)c2)n1. The van der Waals surface area contributed by atoms with Gasteiger partial charge in [-0.15, -0.1) is 0 Å². The standard InChI is InChI=1S/C24H25ClN4O3S/c1-16-14-31-11-10-29(16)22-13-18(15-33-2)26-23(28-22)17-8-9-21(20(25)12-17)27-24(30)32-19-6-4-3-5-7-19/h3-9,12-13,16H,10-11,14-15H2,1-2H3,(H,27,30)/p+1/t16-/m0/s1. The molecule has 1 fully saturated rings. The number of amides is 1. The van der Waals surface area contributed by atoms with Crippen LogP contribution in [0.2, 0.25) is 5.02 Å². The molecular formula is C24H26ClN4O3S+. The number of aromatic nitrogens is 2. The maximum Gasteiger partial charge on any atom is 0.417 e. The lowest BCUT2D eigenvalue weighted by atomic mass is 10.1. The van der Waals surface area contributed by atoms with Crippen molar-refractivity contribution < 1.29 is 14.3 Å². The van der Waals surface area contributed by atoms with Crippen LogP contribution in [0.3, 0.4) is 0 Å². The number of ether oxygens (including phenoxy) is 2. The Hall–Kier alpha value is -2.81. The van der Waals surface area contributed by atoms with Crippen LogP contribution in [0.15, 0.2) is 54.6 Å². The number of nitrogens with one attached hydrogen (secondary N) is 1. The predicted molar refractivity (Wildman–Crippen MR) is 135 cm³/mol. The van der Waals surface area contributed by atoms with Crippen molar-refractivity contribution in [1.29, 1.82) is 0 Å². The Morgan fingerprint density at radius 2 is 2.06 bits per heavy atom. The third kappa shape index (κ3) is 5.96. The molecule has 0 aliphatic carbocycles. The molecule has 172 valence electrons. The van der Waals surface area contributed by atoms with Gasteiger partial charge in [-0.3, -0.25) is 5.32 Å². The first-order chi connectivity index (χ1) is 16.0. The number of thiol groups is 1. The quantitative estimate of drug-likeness (QED) is 0.407. The number of hydrogen-bond donors (Lipinski definition) is 1. The summed E-state index contributed by atoms with van der Waals surface area (Å²) < 4.78 is 10.8. The Morgan fingerprint density at radius 1 is 1.24 bits per heavy atom. The van der Waals surface area contributed by atoms with Crippen LogP contribution in [0.5, 0.6) is 5.75 Å². The molecule has 1 amide bonds. The summed E-state index contributed by atoms with van der Waals surface area (Å²) in [6, 6.07) is 16.5. The van der Waals surface area contributed by atoms with Gasteiger partial charge in [-0.2, -0.15) is 0 Å². The Labute approximate surface area is 202 Å². The van der Waals surface area contributed by atoms with Gasteiger partial charge in [0.2, 0.25) is 0 Å². The van der Waals surface area contributed by atoms with Crippen molar-refractivity contribution in [3.63, 3.8) is 0 Å². The number of halogens is 1. The van der Waals surface area contributed by atoms with Crippen LogP contribution in [-0.4, -0.2) is 48.1 Å². The number of carbonyl (C=O) groups excluding carboxylic acids is 1. The highest BCUT2D eigenvalue weighted by atomic mass is 35.5. The van der Waals surface area contributed by atoms with Gasteiger partial charge in [-0.25, -0.2) is 14.8 Å². The Balaban J connectivity index is 1.56. The molecule has 0 radical (unpaired) electrons. The average Bonchev–Trinajstić information content (AvgIpc) is 2.81. The van der Waals surface area contributed by atoms with Gasteiger partial charge in [-0.05, 0) is 49.0 Å². The molecule has 1 aromatic heterocycles. The van der Waals surface area contributed by atoms with E-state index in [1.165, 1.54) is 11.8 Å². The number of hydrogen-bond acceptors (Lipinski definition) is 6. The monoisotopic (exact) mass is 485 g/mol. The molecule has 3 aromatic rings. The lowest BCUT2D eigenvalue weighted by Gasteiger charge is -2.34. The smallest absolute Gasteiger partial charge is 0.410 e. The van der Waals surface area contributed by atoms with Gasteiger partial charge in [0.25, 0.3) is 0 Å². The zero-order valence-corrected chi connectivity index (χ0v) is 20.1. The fourth-order valence-corrected chi connectivity index (χ4v) is 4.27. The van der Waals surface area contributed by atoms with E-state index in [1.807, 2.05) is 12.1 Å². The molecule has 1 N–H and O–H groups in total. The molecule has 0 saturated carbocycles. The van der Waals surface area contributed by atoms with E-state index in [2.05, 4.69) is 29.5 Å². The fourth-order valence-electron chi connectivity index (χ4n) is 3.56. The second-order valence-corrected chi connectivity index (χ2v) is 9.01. The molecule has 1 saturated heterocycles. The number of para-hydroxylation sites is 1. The summed E-state index contributed by atoms with van der Waals surface area (Å²) in [6.45, 7) is 4.26. The summed E-state index contributed by atoms with van der Waals surface area (Å²) in [5.74, 6) is 2.78. The van der Waals surface area contributed by atoms with Gasteiger partial charge in [0, 0.05) is 18.2 Å². The Bertz CT molecular complexity index is 1120. The van der Waals surface area contributed by atoms with Crippen LogP contribution in [0.4, 0.5) is 16.3 Å². The maximum absolute atomic E-state index is 12.2. The van der Waals surface area contributed by atoms with Crippen LogP contribution in [0, 0.1) is 0 Å². The van der Waals surface area contributed by atoms with E-state index in [4.69, 9.17) is 31.0 Å². The molecule has 2 aromatic carbocycles. The summed E-state index contributed by atoms with van der Waals surface area (Å²) in [4.78, 5) is 24.1. The zero-order chi connectivity index (χ0) is 23.2. The lowest BCUT2D eigenvalue weighted by Crippen LogP contribution is -2.44. The van der Waals surface area contributed by atoms with E-state index in [0.29, 0.717) is 35.5 Å². The van der Waals surface area contributed by atoms with Crippen molar-refractivity contribution in [2.24, 2.45) is 0 Å². The third-order valence-electron chi connectivity index (χ3n) is 5.17. The van der Waals surface area contributed by atoms with Crippen molar-refractivity contribution in [3.05, 3.63) is 65.3 Å². The number of morpholine rings is 1. The highest BCUT2D eigenvalue weighted by molar-refractivity contribution is 7.76. The highest BCUT2D eigenvalue weighted by Gasteiger charge is 2.22. The van der Waals surface area contributed by atoms with E-state index < -0.39 is 6.09 Å². The molecule has 1 aliphatic heterocycles. The first kappa shape index (κ1) is 23.4. The topological polar surface area (TPSA) is 76.6 Å². The van der Waals surface area contributed by atoms with Gasteiger partial charge >= 0.3 is 6.09 Å². The van der Waals surface area contributed by atoms with Gasteiger partial charge in [0.15, 0.2) is 5.82 Å². The van der Waals surface area contributed by atoms with Gasteiger partial charge in [0.1, 0.15) is 17.3 Å². The molecular weight excluding hydrogens is 460 g/mol. The van der Waals surface area contributed by atoms with Crippen molar-refractivity contribution in [3.8, 4) is 17.1 Å². The zero-order valence-electron chi connectivity index (χ0n) is 18.5.